The monoisotopic (exact) mass is 369 g/mol. The number of fused-ring (bicyclic) bond motifs is 1. The van der Waals surface area contributed by atoms with Gasteiger partial charge in [0.25, 0.3) is 0 Å². The van der Waals surface area contributed by atoms with Gasteiger partial charge in [-0.3, -0.25) is 4.40 Å². The molecule has 0 atom stereocenters. The Kier molecular flexibility index (Phi) is 5.95. The fraction of sp³-hybridized carbons (Fsp3) is 0.333. The Morgan fingerprint density at radius 1 is 1.20 bits per heavy atom. The maximum absolute atomic E-state index is 9.64. The number of hydrogen-bond donors (Lipinski definition) is 0. The average molecular weight is 370 g/mol. The summed E-state index contributed by atoms with van der Waals surface area (Å²) in [6, 6.07) is 12.2. The first-order valence-corrected chi connectivity index (χ1v) is 10.3. The third kappa shape index (κ3) is 3.80. The van der Waals surface area contributed by atoms with E-state index >= 15 is 0 Å². The number of thioether (sulfide) groups is 2. The van der Waals surface area contributed by atoms with E-state index in [1.165, 1.54) is 12.8 Å². The van der Waals surface area contributed by atoms with Crippen LogP contribution in [-0.2, 0) is 0 Å². The number of hydrogen-bond acceptors (Lipinski definition) is 6. The summed E-state index contributed by atoms with van der Waals surface area (Å²) in [6.45, 7) is 4.07. The molecule has 3 aromatic rings. The van der Waals surface area contributed by atoms with Crippen LogP contribution in [0.25, 0.3) is 17.0 Å². The number of aryl methyl sites for hydroxylation is 1. The molecule has 2 heterocycles. The zero-order chi connectivity index (χ0) is 17.6. The maximum atomic E-state index is 9.64. The molecular weight excluding hydrogens is 350 g/mol. The van der Waals surface area contributed by atoms with E-state index in [1.54, 1.807) is 11.8 Å². The SMILES string of the molecule is CCCCSCSc1nc(-c2ccccc2)n2c(C)nnc2c1C#N. The van der Waals surface area contributed by atoms with Crippen LogP contribution < -0.4 is 0 Å². The largest absolute Gasteiger partial charge is 0.261 e. The van der Waals surface area contributed by atoms with Crippen LogP contribution in [0.15, 0.2) is 35.4 Å². The van der Waals surface area contributed by atoms with Gasteiger partial charge in [0.1, 0.15) is 28.3 Å². The lowest BCUT2D eigenvalue weighted by Crippen LogP contribution is -2.03. The molecule has 3 rings (SSSR count). The first-order chi connectivity index (χ1) is 12.3. The number of benzene rings is 1. The summed E-state index contributed by atoms with van der Waals surface area (Å²) in [6.07, 6.45) is 2.41. The van der Waals surface area contributed by atoms with Crippen molar-refractivity contribution in [3.8, 4) is 17.5 Å². The van der Waals surface area contributed by atoms with Crippen LogP contribution in [0, 0.1) is 18.3 Å². The maximum Gasteiger partial charge on any atom is 0.183 e. The Bertz CT molecular complexity index is 899. The van der Waals surface area contributed by atoms with E-state index in [-0.39, 0.29) is 0 Å². The topological polar surface area (TPSA) is 66.9 Å². The highest BCUT2D eigenvalue weighted by atomic mass is 32.2. The van der Waals surface area contributed by atoms with Gasteiger partial charge in [-0.05, 0) is 19.1 Å². The van der Waals surface area contributed by atoms with E-state index < -0.39 is 0 Å². The zero-order valence-electron chi connectivity index (χ0n) is 14.3. The summed E-state index contributed by atoms with van der Waals surface area (Å²) in [5, 5.41) is 19.6. The average Bonchev–Trinajstić information content (AvgIpc) is 3.03. The van der Waals surface area contributed by atoms with Crippen molar-refractivity contribution >= 4 is 29.2 Å². The van der Waals surface area contributed by atoms with Gasteiger partial charge in [-0.25, -0.2) is 4.98 Å². The molecule has 0 saturated carbocycles. The lowest BCUT2D eigenvalue weighted by molar-refractivity contribution is 0.897. The summed E-state index contributed by atoms with van der Waals surface area (Å²) < 4.78 is 1.86. The Hall–Kier alpha value is -2.04. The van der Waals surface area contributed by atoms with E-state index in [4.69, 9.17) is 4.98 Å². The van der Waals surface area contributed by atoms with Crippen LogP contribution in [0.3, 0.4) is 0 Å². The molecule has 25 heavy (non-hydrogen) atoms. The van der Waals surface area contributed by atoms with Crippen molar-refractivity contribution in [1.82, 2.24) is 19.6 Å². The van der Waals surface area contributed by atoms with Crippen molar-refractivity contribution < 1.29 is 0 Å². The van der Waals surface area contributed by atoms with Crippen LogP contribution in [0.5, 0.6) is 0 Å². The minimum Gasteiger partial charge on any atom is -0.261 e. The summed E-state index contributed by atoms with van der Waals surface area (Å²) >= 11 is 3.48. The van der Waals surface area contributed by atoms with Crippen molar-refractivity contribution in [3.63, 3.8) is 0 Å². The predicted molar refractivity (Wildman–Crippen MR) is 104 cm³/mol. The van der Waals surface area contributed by atoms with Gasteiger partial charge in [-0.2, -0.15) is 17.0 Å². The summed E-state index contributed by atoms with van der Waals surface area (Å²) in [4.78, 5) is 4.80. The van der Waals surface area contributed by atoms with Crippen molar-refractivity contribution in [1.29, 1.82) is 5.26 Å². The van der Waals surface area contributed by atoms with Crippen molar-refractivity contribution in [2.24, 2.45) is 0 Å². The Labute approximate surface area is 155 Å². The van der Waals surface area contributed by atoms with Gasteiger partial charge in [0.05, 0.1) is 0 Å². The third-order valence-electron chi connectivity index (χ3n) is 3.75. The van der Waals surface area contributed by atoms with E-state index in [9.17, 15) is 5.26 Å². The number of rotatable bonds is 7. The molecule has 0 unspecified atom stereocenters. The van der Waals surface area contributed by atoms with E-state index in [1.807, 2.05) is 53.4 Å². The summed E-state index contributed by atoms with van der Waals surface area (Å²) in [5.74, 6) is 2.63. The van der Waals surface area contributed by atoms with Gasteiger partial charge in [-0.1, -0.05) is 55.4 Å². The van der Waals surface area contributed by atoms with Crippen LogP contribution in [0.2, 0.25) is 0 Å². The lowest BCUT2D eigenvalue weighted by atomic mass is 10.2. The molecule has 0 bridgehead atoms. The number of nitrogens with zero attached hydrogens (tertiary/aromatic N) is 5. The fourth-order valence-corrected chi connectivity index (χ4v) is 4.64. The molecule has 0 aliphatic heterocycles. The van der Waals surface area contributed by atoms with Crippen molar-refractivity contribution in [2.45, 2.75) is 31.7 Å². The second kappa shape index (κ2) is 8.37. The minimum absolute atomic E-state index is 0.501. The van der Waals surface area contributed by atoms with Gasteiger partial charge in [0.2, 0.25) is 0 Å². The van der Waals surface area contributed by atoms with Gasteiger partial charge < -0.3 is 0 Å². The van der Waals surface area contributed by atoms with Crippen LogP contribution in [0.1, 0.15) is 31.2 Å². The fourth-order valence-electron chi connectivity index (χ4n) is 2.46. The normalized spacial score (nSPS) is 10.9. The molecular formula is C18H19N5S2. The van der Waals surface area contributed by atoms with Gasteiger partial charge in [0.15, 0.2) is 5.65 Å². The summed E-state index contributed by atoms with van der Waals surface area (Å²) in [5.41, 5.74) is 2.07. The molecule has 7 heteroatoms. The molecule has 128 valence electrons. The molecule has 0 fully saturated rings. The first-order valence-electron chi connectivity index (χ1n) is 8.18. The Balaban J connectivity index is 2.03. The standard InChI is InChI=1S/C18H19N5S2/c1-3-4-10-24-12-25-18-15(11-19)17-22-21-13(2)23(17)16(20-18)14-8-6-5-7-9-14/h5-9H,3-4,10,12H2,1-2H3. The lowest BCUT2D eigenvalue weighted by Gasteiger charge is -2.10. The van der Waals surface area contributed by atoms with Crippen molar-refractivity contribution in [2.75, 3.05) is 10.8 Å². The molecule has 0 saturated heterocycles. The predicted octanol–water partition coefficient (Wildman–Crippen LogP) is 4.55. The summed E-state index contributed by atoms with van der Waals surface area (Å²) in [7, 11) is 0. The van der Waals surface area contributed by atoms with Crippen molar-refractivity contribution in [3.05, 3.63) is 41.7 Å². The molecule has 5 nitrogen and oxygen atoms in total. The van der Waals surface area contributed by atoms with Gasteiger partial charge >= 0.3 is 0 Å². The molecule has 0 aliphatic rings. The smallest absolute Gasteiger partial charge is 0.183 e. The van der Waals surface area contributed by atoms with Crippen LogP contribution >= 0.6 is 23.5 Å². The van der Waals surface area contributed by atoms with Crippen LogP contribution in [-0.4, -0.2) is 30.4 Å². The quantitative estimate of drug-likeness (QED) is 0.263. The van der Waals surface area contributed by atoms with Gasteiger partial charge in [0, 0.05) is 10.6 Å². The molecule has 0 aliphatic carbocycles. The van der Waals surface area contributed by atoms with Crippen LogP contribution in [0.4, 0.5) is 0 Å². The molecule has 0 N–H and O–H groups in total. The molecule has 0 amide bonds. The number of aromatic nitrogens is 4. The molecule has 0 spiro atoms. The molecule has 2 aromatic heterocycles. The third-order valence-corrected chi connectivity index (χ3v) is 6.03. The van der Waals surface area contributed by atoms with E-state index in [2.05, 4.69) is 23.2 Å². The minimum atomic E-state index is 0.501. The highest BCUT2D eigenvalue weighted by Gasteiger charge is 2.19. The number of nitriles is 1. The molecule has 1 aromatic carbocycles. The molecule has 0 radical (unpaired) electrons. The highest BCUT2D eigenvalue weighted by Crippen LogP contribution is 2.30. The Morgan fingerprint density at radius 2 is 2.00 bits per heavy atom. The second-order valence-corrected chi connectivity index (χ2v) is 7.96. The van der Waals surface area contributed by atoms with E-state index in [0.29, 0.717) is 11.2 Å². The first kappa shape index (κ1) is 17.8. The second-order valence-electron chi connectivity index (χ2n) is 5.52. The Morgan fingerprint density at radius 3 is 2.72 bits per heavy atom. The number of unbranched alkanes of at least 4 members (excludes halogenated alkanes) is 1. The zero-order valence-corrected chi connectivity index (χ0v) is 15.9. The van der Waals surface area contributed by atoms with Gasteiger partial charge in [-0.15, -0.1) is 10.2 Å². The van der Waals surface area contributed by atoms with E-state index in [0.717, 1.165) is 33.1 Å². The highest BCUT2D eigenvalue weighted by molar-refractivity contribution is 8.15.